The summed E-state index contributed by atoms with van der Waals surface area (Å²) >= 11 is -1.26. The molecule has 0 aliphatic carbocycles. The summed E-state index contributed by atoms with van der Waals surface area (Å²) in [7, 11) is 0. The van der Waals surface area contributed by atoms with Gasteiger partial charge in [-0.3, -0.25) is 0 Å². The summed E-state index contributed by atoms with van der Waals surface area (Å²) in [6.45, 7) is 9.70. The number of rotatable bonds is 5. The zero-order valence-electron chi connectivity index (χ0n) is 15.0. The van der Waals surface area contributed by atoms with E-state index in [1.165, 1.54) is 0 Å². The summed E-state index contributed by atoms with van der Waals surface area (Å²) < 4.78 is 29.8. The maximum Gasteiger partial charge on any atom is 0.136 e. The van der Waals surface area contributed by atoms with Gasteiger partial charge in [0.2, 0.25) is 0 Å². The molecule has 2 aromatic rings. The first kappa shape index (κ1) is 19.0. The van der Waals surface area contributed by atoms with Gasteiger partial charge < -0.3 is 4.55 Å². The highest BCUT2D eigenvalue weighted by Crippen LogP contribution is 2.28. The van der Waals surface area contributed by atoms with Crippen LogP contribution in [-0.2, 0) is 11.4 Å². The second-order valence-corrected chi connectivity index (χ2v) is 9.28. The van der Waals surface area contributed by atoms with Crippen LogP contribution in [0.5, 0.6) is 0 Å². The molecule has 130 valence electrons. The van der Waals surface area contributed by atoms with E-state index in [2.05, 4.69) is 4.72 Å². The number of halogens is 1. The second kappa shape index (κ2) is 7.68. The van der Waals surface area contributed by atoms with E-state index in [1.807, 2.05) is 77.1 Å². The topological polar surface area (TPSA) is 35.1 Å². The fourth-order valence-corrected chi connectivity index (χ4v) is 3.29. The molecule has 0 aromatic heterocycles. The molecule has 0 heterocycles. The highest BCUT2D eigenvalue weighted by molar-refractivity contribution is 7.90. The maximum absolute atomic E-state index is 14.4. The van der Waals surface area contributed by atoms with Crippen molar-refractivity contribution in [2.24, 2.45) is 0 Å². The Balaban J connectivity index is 2.41. The molecule has 2 aromatic carbocycles. The van der Waals surface area contributed by atoms with Gasteiger partial charge in [0.05, 0.1) is 0 Å². The van der Waals surface area contributed by atoms with Gasteiger partial charge in [-0.05, 0) is 49.4 Å². The van der Waals surface area contributed by atoms with Gasteiger partial charge >= 0.3 is 0 Å². The molecule has 2 rings (SSSR count). The molecule has 0 aliphatic rings. The molecule has 4 heteroatoms. The molecule has 1 unspecified atom stereocenters. The molecule has 0 fully saturated rings. The van der Waals surface area contributed by atoms with Crippen LogP contribution >= 0.6 is 0 Å². The van der Waals surface area contributed by atoms with Crippen LogP contribution in [0.4, 0.5) is 4.39 Å². The Morgan fingerprint density at radius 1 is 1.00 bits per heavy atom. The molecule has 0 amide bonds. The smallest absolute Gasteiger partial charge is 0.136 e. The zero-order chi connectivity index (χ0) is 17.9. The third-order valence-corrected chi connectivity index (χ3v) is 5.46. The molecule has 0 saturated carbocycles. The normalized spacial score (nSPS) is 14.7. The molecular formula is C20H26FNOS. The van der Waals surface area contributed by atoms with Crippen LogP contribution in [0.1, 0.15) is 63.3 Å². The van der Waals surface area contributed by atoms with Crippen molar-refractivity contribution in [3.63, 3.8) is 0 Å². The van der Waals surface area contributed by atoms with Crippen LogP contribution in [0.3, 0.4) is 0 Å². The van der Waals surface area contributed by atoms with Crippen molar-refractivity contribution in [3.05, 3.63) is 71.0 Å². The van der Waals surface area contributed by atoms with E-state index in [1.54, 1.807) is 6.07 Å². The van der Waals surface area contributed by atoms with E-state index >= 15 is 0 Å². The molecule has 0 radical (unpaired) electrons. The van der Waals surface area contributed by atoms with Gasteiger partial charge in [0, 0.05) is 11.4 Å². The lowest BCUT2D eigenvalue weighted by Gasteiger charge is -2.28. The molecule has 0 spiro atoms. The maximum atomic E-state index is 14.4. The lowest BCUT2D eigenvalue weighted by Crippen LogP contribution is -2.41. The predicted molar refractivity (Wildman–Crippen MR) is 99.8 cm³/mol. The van der Waals surface area contributed by atoms with Crippen LogP contribution in [0.25, 0.3) is 0 Å². The summed E-state index contributed by atoms with van der Waals surface area (Å²) in [5.74, 6) is -0.0855. The lowest BCUT2D eigenvalue weighted by atomic mass is 9.95. The zero-order valence-corrected chi connectivity index (χ0v) is 15.8. The van der Waals surface area contributed by atoms with E-state index in [9.17, 15) is 8.94 Å². The fourth-order valence-electron chi connectivity index (χ4n) is 2.45. The minimum Gasteiger partial charge on any atom is -0.598 e. The van der Waals surface area contributed by atoms with E-state index < -0.39 is 16.1 Å². The second-order valence-electron chi connectivity index (χ2n) is 7.28. The quantitative estimate of drug-likeness (QED) is 0.765. The van der Waals surface area contributed by atoms with E-state index in [-0.39, 0.29) is 17.8 Å². The molecule has 2 atom stereocenters. The van der Waals surface area contributed by atoms with E-state index in [0.717, 1.165) is 11.1 Å². The van der Waals surface area contributed by atoms with Crippen molar-refractivity contribution in [2.75, 3.05) is 0 Å². The summed E-state index contributed by atoms with van der Waals surface area (Å²) in [5, 5.41) is 0. The molecular weight excluding hydrogens is 321 g/mol. The highest BCUT2D eigenvalue weighted by Gasteiger charge is 2.30. The first-order chi connectivity index (χ1) is 11.2. The fraction of sp³-hybridized carbons (Fsp3) is 0.400. The van der Waals surface area contributed by atoms with Crippen molar-refractivity contribution in [1.82, 2.24) is 4.72 Å². The van der Waals surface area contributed by atoms with Gasteiger partial charge in [0.15, 0.2) is 0 Å². The monoisotopic (exact) mass is 347 g/mol. The summed E-state index contributed by atoms with van der Waals surface area (Å²) in [5.41, 5.74) is 2.44. The third kappa shape index (κ3) is 4.59. The Kier molecular flexibility index (Phi) is 6.07. The Morgan fingerprint density at radius 2 is 1.62 bits per heavy atom. The predicted octanol–water partition coefficient (Wildman–Crippen LogP) is 5.09. The van der Waals surface area contributed by atoms with Crippen LogP contribution in [-0.4, -0.2) is 9.30 Å². The largest absolute Gasteiger partial charge is 0.598 e. The number of hydrogen-bond donors (Lipinski definition) is 1. The SMILES string of the molecule is CC(C)c1ccc(C(N[S@+]([O-])C(C)(C)C)c2ccccc2)cc1F. The minimum atomic E-state index is -1.26. The van der Waals surface area contributed by atoms with E-state index in [0.29, 0.717) is 5.56 Å². The average molecular weight is 347 g/mol. The molecule has 2 nitrogen and oxygen atoms in total. The van der Waals surface area contributed by atoms with Crippen molar-refractivity contribution in [1.29, 1.82) is 0 Å². The van der Waals surface area contributed by atoms with Crippen molar-refractivity contribution in [2.45, 2.75) is 51.3 Å². The average Bonchev–Trinajstić information content (AvgIpc) is 2.51. The van der Waals surface area contributed by atoms with Gasteiger partial charge in [-0.1, -0.05) is 56.3 Å². The summed E-state index contributed by atoms with van der Waals surface area (Å²) in [6, 6.07) is 14.7. The Bertz CT molecular complexity index is 667. The van der Waals surface area contributed by atoms with Crippen LogP contribution < -0.4 is 4.72 Å². The Morgan fingerprint density at radius 3 is 2.12 bits per heavy atom. The highest BCUT2D eigenvalue weighted by atomic mass is 32.2. The van der Waals surface area contributed by atoms with Gasteiger partial charge in [-0.2, -0.15) is 0 Å². The van der Waals surface area contributed by atoms with Crippen LogP contribution in [0.2, 0.25) is 0 Å². The van der Waals surface area contributed by atoms with Crippen molar-refractivity contribution >= 4 is 11.4 Å². The third-order valence-electron chi connectivity index (χ3n) is 3.89. The van der Waals surface area contributed by atoms with Crippen LogP contribution in [0, 0.1) is 5.82 Å². The van der Waals surface area contributed by atoms with Gasteiger partial charge in [0.1, 0.15) is 16.6 Å². The summed E-state index contributed by atoms with van der Waals surface area (Å²) in [6.07, 6.45) is 0. The first-order valence-electron chi connectivity index (χ1n) is 8.22. The Labute approximate surface area is 147 Å². The lowest BCUT2D eigenvalue weighted by molar-refractivity contribution is 0.534. The minimum absolute atomic E-state index is 0.130. The van der Waals surface area contributed by atoms with Crippen molar-refractivity contribution < 1.29 is 8.94 Å². The standard InChI is InChI=1S/C20H26FNOS/c1-14(2)17-12-11-16(13-18(17)21)19(15-9-7-6-8-10-15)22-24(23)20(3,4)5/h6-14,19,22H,1-5H3/t19?,24-/m1/s1. The van der Waals surface area contributed by atoms with E-state index in [4.69, 9.17) is 0 Å². The van der Waals surface area contributed by atoms with Crippen LogP contribution in [0.15, 0.2) is 48.5 Å². The van der Waals surface area contributed by atoms with Gasteiger partial charge in [-0.15, -0.1) is 4.72 Å². The van der Waals surface area contributed by atoms with Gasteiger partial charge in [-0.25, -0.2) is 4.39 Å². The summed E-state index contributed by atoms with van der Waals surface area (Å²) in [4.78, 5) is 0. The number of nitrogens with one attached hydrogen (secondary N) is 1. The molecule has 0 bridgehead atoms. The Hall–Kier alpha value is -1.36. The van der Waals surface area contributed by atoms with Crippen molar-refractivity contribution in [3.8, 4) is 0 Å². The number of hydrogen-bond acceptors (Lipinski definition) is 2. The number of benzene rings is 2. The van der Waals surface area contributed by atoms with Gasteiger partial charge in [0.25, 0.3) is 0 Å². The first-order valence-corrected chi connectivity index (χ1v) is 9.37. The molecule has 0 saturated heterocycles. The molecule has 0 aliphatic heterocycles. The molecule has 24 heavy (non-hydrogen) atoms. The molecule has 1 N–H and O–H groups in total.